The standard InChI is InChI=1S/C23H18N2O2/c1-27-21-12-11-18(16-7-3-2-4-8-16)15-20(21)25-23(26)22-19-10-6-5-9-17(19)13-14-24-22/h2-15H,1H3,(H,25,26). The summed E-state index contributed by atoms with van der Waals surface area (Å²) in [5, 5.41) is 4.74. The zero-order chi connectivity index (χ0) is 18.6. The predicted molar refractivity (Wildman–Crippen MR) is 108 cm³/mol. The van der Waals surface area contributed by atoms with Gasteiger partial charge >= 0.3 is 0 Å². The van der Waals surface area contributed by atoms with E-state index >= 15 is 0 Å². The second-order valence-corrected chi connectivity index (χ2v) is 6.12. The van der Waals surface area contributed by atoms with Crippen LogP contribution in [0.15, 0.2) is 85.1 Å². The van der Waals surface area contributed by atoms with Crippen LogP contribution >= 0.6 is 0 Å². The van der Waals surface area contributed by atoms with Crippen LogP contribution in [-0.2, 0) is 0 Å². The first-order valence-electron chi connectivity index (χ1n) is 8.65. The Morgan fingerprint density at radius 2 is 1.67 bits per heavy atom. The van der Waals surface area contributed by atoms with Gasteiger partial charge in [0.05, 0.1) is 12.8 Å². The summed E-state index contributed by atoms with van der Waals surface area (Å²) >= 11 is 0. The molecule has 0 radical (unpaired) electrons. The van der Waals surface area contributed by atoms with Crippen molar-refractivity contribution in [2.45, 2.75) is 0 Å². The van der Waals surface area contributed by atoms with Crippen LogP contribution in [0, 0.1) is 0 Å². The molecular formula is C23H18N2O2. The van der Waals surface area contributed by atoms with Gasteiger partial charge in [0.1, 0.15) is 11.4 Å². The van der Waals surface area contributed by atoms with Crippen LogP contribution in [-0.4, -0.2) is 18.0 Å². The summed E-state index contributed by atoms with van der Waals surface area (Å²) < 4.78 is 5.43. The van der Waals surface area contributed by atoms with Crippen LogP contribution in [0.2, 0.25) is 0 Å². The van der Waals surface area contributed by atoms with Crippen LogP contribution in [0.3, 0.4) is 0 Å². The lowest BCUT2D eigenvalue weighted by Gasteiger charge is -2.13. The molecule has 0 spiro atoms. The SMILES string of the molecule is COc1ccc(-c2ccccc2)cc1NC(=O)c1nccc2ccccc12. The number of nitrogens with one attached hydrogen (secondary N) is 1. The molecule has 4 nitrogen and oxygen atoms in total. The summed E-state index contributed by atoms with van der Waals surface area (Å²) in [5.41, 5.74) is 3.07. The van der Waals surface area contributed by atoms with Crippen LogP contribution < -0.4 is 10.1 Å². The summed E-state index contributed by atoms with van der Waals surface area (Å²) in [5.74, 6) is 0.332. The maximum Gasteiger partial charge on any atom is 0.275 e. The average molecular weight is 354 g/mol. The fourth-order valence-electron chi connectivity index (χ4n) is 3.10. The highest BCUT2D eigenvalue weighted by atomic mass is 16.5. The third-order valence-electron chi connectivity index (χ3n) is 4.44. The van der Waals surface area contributed by atoms with Crippen LogP contribution in [0.4, 0.5) is 5.69 Å². The number of methoxy groups -OCH3 is 1. The second-order valence-electron chi connectivity index (χ2n) is 6.12. The molecule has 4 heteroatoms. The van der Waals surface area contributed by atoms with Crippen molar-refractivity contribution in [1.82, 2.24) is 4.98 Å². The molecule has 0 aliphatic heterocycles. The molecule has 0 fully saturated rings. The predicted octanol–water partition coefficient (Wildman–Crippen LogP) is 5.16. The van der Waals surface area contributed by atoms with Gasteiger partial charge in [-0.25, -0.2) is 0 Å². The van der Waals surface area contributed by atoms with Gasteiger partial charge in [-0.1, -0.05) is 60.7 Å². The number of anilines is 1. The number of carbonyl (C=O) groups excluding carboxylic acids is 1. The molecule has 0 unspecified atom stereocenters. The third kappa shape index (κ3) is 3.37. The lowest BCUT2D eigenvalue weighted by Crippen LogP contribution is -2.14. The summed E-state index contributed by atoms with van der Waals surface area (Å²) in [7, 11) is 1.59. The van der Waals surface area contributed by atoms with Crippen molar-refractivity contribution in [2.24, 2.45) is 0 Å². The number of aromatic nitrogens is 1. The van der Waals surface area contributed by atoms with Gasteiger partial charge in [0, 0.05) is 11.6 Å². The maximum atomic E-state index is 12.9. The molecule has 27 heavy (non-hydrogen) atoms. The first-order valence-corrected chi connectivity index (χ1v) is 8.65. The quantitative estimate of drug-likeness (QED) is 0.550. The van der Waals surface area contributed by atoms with Gasteiger partial charge in [-0.05, 0) is 34.7 Å². The van der Waals surface area contributed by atoms with Crippen LogP contribution in [0.5, 0.6) is 5.75 Å². The monoisotopic (exact) mass is 354 g/mol. The van der Waals surface area contributed by atoms with Crippen molar-refractivity contribution >= 4 is 22.4 Å². The van der Waals surface area contributed by atoms with Gasteiger partial charge in [0.15, 0.2) is 0 Å². The molecule has 1 heterocycles. The van der Waals surface area contributed by atoms with Crippen molar-refractivity contribution < 1.29 is 9.53 Å². The summed E-state index contributed by atoms with van der Waals surface area (Å²) in [6.45, 7) is 0. The maximum absolute atomic E-state index is 12.9. The van der Waals surface area contributed by atoms with E-state index < -0.39 is 0 Å². The highest BCUT2D eigenvalue weighted by Crippen LogP contribution is 2.31. The molecule has 4 aromatic rings. The Morgan fingerprint density at radius 3 is 2.48 bits per heavy atom. The number of fused-ring (bicyclic) bond motifs is 1. The number of hydrogen-bond donors (Lipinski definition) is 1. The molecule has 1 amide bonds. The van der Waals surface area contributed by atoms with E-state index in [1.54, 1.807) is 13.3 Å². The lowest BCUT2D eigenvalue weighted by atomic mass is 10.0. The average Bonchev–Trinajstić information content (AvgIpc) is 2.74. The molecule has 1 N–H and O–H groups in total. The third-order valence-corrected chi connectivity index (χ3v) is 4.44. The number of rotatable bonds is 4. The highest BCUT2D eigenvalue weighted by molar-refractivity contribution is 6.11. The highest BCUT2D eigenvalue weighted by Gasteiger charge is 2.15. The van der Waals surface area contributed by atoms with Crippen LogP contribution in [0.1, 0.15) is 10.5 Å². The summed E-state index contributed by atoms with van der Waals surface area (Å²) in [6.07, 6.45) is 1.65. The van der Waals surface area contributed by atoms with Crippen molar-refractivity contribution in [3.05, 3.63) is 90.8 Å². The number of ether oxygens (including phenoxy) is 1. The minimum atomic E-state index is -0.268. The number of hydrogen-bond acceptors (Lipinski definition) is 3. The van der Waals surface area contributed by atoms with E-state index in [9.17, 15) is 4.79 Å². The Hall–Kier alpha value is -3.66. The first-order chi connectivity index (χ1) is 13.3. The zero-order valence-corrected chi connectivity index (χ0v) is 14.8. The molecule has 0 atom stereocenters. The van der Waals surface area contributed by atoms with Gasteiger partial charge in [0.25, 0.3) is 5.91 Å². The molecule has 3 aromatic carbocycles. The lowest BCUT2D eigenvalue weighted by molar-refractivity contribution is 0.102. The Morgan fingerprint density at radius 1 is 0.889 bits per heavy atom. The van der Waals surface area contributed by atoms with E-state index in [0.717, 1.165) is 21.9 Å². The molecule has 0 aliphatic carbocycles. The Bertz CT molecular complexity index is 1100. The molecule has 0 saturated heterocycles. The molecular weight excluding hydrogens is 336 g/mol. The molecule has 0 bridgehead atoms. The van der Waals surface area contributed by atoms with Gasteiger partial charge in [-0.3, -0.25) is 9.78 Å². The molecule has 4 rings (SSSR count). The van der Waals surface area contributed by atoms with Crippen molar-refractivity contribution in [1.29, 1.82) is 0 Å². The van der Waals surface area contributed by atoms with E-state index in [1.807, 2.05) is 78.9 Å². The molecule has 0 aliphatic rings. The van der Waals surface area contributed by atoms with Crippen LogP contribution in [0.25, 0.3) is 21.9 Å². The molecule has 0 saturated carbocycles. The van der Waals surface area contributed by atoms with E-state index in [0.29, 0.717) is 17.1 Å². The smallest absolute Gasteiger partial charge is 0.275 e. The van der Waals surface area contributed by atoms with E-state index in [2.05, 4.69) is 10.3 Å². The number of amides is 1. The minimum absolute atomic E-state index is 0.268. The van der Waals surface area contributed by atoms with Crippen molar-refractivity contribution in [3.8, 4) is 16.9 Å². The summed E-state index contributed by atoms with van der Waals surface area (Å²) in [4.78, 5) is 17.2. The van der Waals surface area contributed by atoms with Gasteiger partial charge in [-0.15, -0.1) is 0 Å². The topological polar surface area (TPSA) is 51.2 Å². The number of carbonyl (C=O) groups is 1. The largest absolute Gasteiger partial charge is 0.495 e. The Balaban J connectivity index is 1.72. The second kappa shape index (κ2) is 7.30. The van der Waals surface area contributed by atoms with Gasteiger partial charge in [-0.2, -0.15) is 0 Å². The minimum Gasteiger partial charge on any atom is -0.495 e. The molecule has 1 aromatic heterocycles. The molecule has 132 valence electrons. The number of pyridine rings is 1. The first kappa shape index (κ1) is 16.8. The Labute approximate surface area is 157 Å². The Kier molecular flexibility index (Phi) is 4.54. The number of nitrogens with zero attached hydrogens (tertiary/aromatic N) is 1. The van der Waals surface area contributed by atoms with Crippen molar-refractivity contribution in [3.63, 3.8) is 0 Å². The van der Waals surface area contributed by atoms with Gasteiger partial charge in [0.2, 0.25) is 0 Å². The fraction of sp³-hybridized carbons (Fsp3) is 0.0435. The van der Waals surface area contributed by atoms with E-state index in [4.69, 9.17) is 4.74 Å². The van der Waals surface area contributed by atoms with Crippen molar-refractivity contribution in [2.75, 3.05) is 12.4 Å². The summed E-state index contributed by atoms with van der Waals surface area (Å²) in [6, 6.07) is 25.3. The normalized spacial score (nSPS) is 10.6. The van der Waals surface area contributed by atoms with E-state index in [1.165, 1.54) is 0 Å². The zero-order valence-electron chi connectivity index (χ0n) is 14.8. The number of benzene rings is 3. The van der Waals surface area contributed by atoms with Gasteiger partial charge < -0.3 is 10.1 Å². The van der Waals surface area contributed by atoms with E-state index in [-0.39, 0.29) is 5.91 Å². The fourth-order valence-corrected chi connectivity index (χ4v) is 3.10.